The maximum Gasteiger partial charge on any atom is 0.266 e. The monoisotopic (exact) mass is 362 g/mol. The Bertz CT molecular complexity index is 941. The molecule has 0 saturated heterocycles. The lowest BCUT2D eigenvalue weighted by atomic mass is 10.0. The lowest BCUT2D eigenvalue weighted by molar-refractivity contribution is -0.112. The molecule has 0 radical (unpaired) electrons. The molecule has 138 valence electrons. The topological polar surface area (TPSA) is 71.3 Å². The van der Waals surface area contributed by atoms with Gasteiger partial charge in [0.15, 0.2) is 0 Å². The van der Waals surface area contributed by atoms with E-state index in [2.05, 4.69) is 5.32 Å². The number of aryl methyl sites for hydroxylation is 1. The quantitative estimate of drug-likeness (QED) is 0.637. The Balaban J connectivity index is 1.93. The molecule has 0 aliphatic carbocycles. The number of fused-ring (bicyclic) bond motifs is 1. The number of anilines is 1. The van der Waals surface area contributed by atoms with E-state index in [9.17, 15) is 10.1 Å². The van der Waals surface area contributed by atoms with Crippen molar-refractivity contribution in [2.45, 2.75) is 33.3 Å². The van der Waals surface area contributed by atoms with E-state index in [0.717, 1.165) is 23.3 Å². The zero-order valence-corrected chi connectivity index (χ0v) is 15.7. The zero-order valence-electron chi connectivity index (χ0n) is 15.7. The van der Waals surface area contributed by atoms with Crippen LogP contribution < -0.4 is 14.8 Å². The van der Waals surface area contributed by atoms with Crippen LogP contribution in [0.2, 0.25) is 0 Å². The van der Waals surface area contributed by atoms with Gasteiger partial charge in [-0.1, -0.05) is 18.2 Å². The molecule has 27 heavy (non-hydrogen) atoms. The summed E-state index contributed by atoms with van der Waals surface area (Å²) < 4.78 is 11.5. The summed E-state index contributed by atoms with van der Waals surface area (Å²) in [7, 11) is 0. The average Bonchev–Trinajstić information content (AvgIpc) is 3.00. The van der Waals surface area contributed by atoms with E-state index < -0.39 is 5.91 Å². The van der Waals surface area contributed by atoms with E-state index in [0.29, 0.717) is 23.6 Å². The molecule has 0 saturated carbocycles. The molecular formula is C22H22N2O3. The summed E-state index contributed by atoms with van der Waals surface area (Å²) in [6.45, 7) is 6.30. The molecule has 2 aromatic carbocycles. The molecule has 5 heteroatoms. The van der Waals surface area contributed by atoms with Gasteiger partial charge in [-0.2, -0.15) is 5.26 Å². The van der Waals surface area contributed by atoms with Crippen molar-refractivity contribution in [2.75, 3.05) is 11.9 Å². The van der Waals surface area contributed by atoms with Gasteiger partial charge >= 0.3 is 0 Å². The fourth-order valence-electron chi connectivity index (χ4n) is 3.06. The summed E-state index contributed by atoms with van der Waals surface area (Å²) in [5, 5.41) is 12.3. The number of nitrogens with zero attached hydrogens (tertiary/aromatic N) is 1. The van der Waals surface area contributed by atoms with Gasteiger partial charge in [-0.15, -0.1) is 0 Å². The van der Waals surface area contributed by atoms with Crippen LogP contribution in [0.15, 0.2) is 42.0 Å². The van der Waals surface area contributed by atoms with Gasteiger partial charge in [-0.3, -0.25) is 4.79 Å². The molecule has 1 atom stereocenters. The van der Waals surface area contributed by atoms with Gasteiger partial charge in [0.2, 0.25) is 0 Å². The second-order valence-corrected chi connectivity index (χ2v) is 6.50. The van der Waals surface area contributed by atoms with Crippen LogP contribution in [-0.4, -0.2) is 18.6 Å². The SMILES string of the molecule is CCOc1cc2c(cc1/C=C(\C#N)C(=O)Nc1ccccc1C)O[C@H](C)C2. The molecule has 2 aromatic rings. The minimum Gasteiger partial charge on any atom is -0.493 e. The van der Waals surface area contributed by atoms with Gasteiger partial charge in [0.1, 0.15) is 29.2 Å². The van der Waals surface area contributed by atoms with Gasteiger partial charge in [-0.05, 0) is 50.6 Å². The highest BCUT2D eigenvalue weighted by Gasteiger charge is 2.22. The number of nitriles is 1. The third-order valence-corrected chi connectivity index (χ3v) is 4.39. The Labute approximate surface area is 159 Å². The van der Waals surface area contributed by atoms with Crippen molar-refractivity contribution in [1.29, 1.82) is 5.26 Å². The smallest absolute Gasteiger partial charge is 0.266 e. The number of benzene rings is 2. The van der Waals surface area contributed by atoms with Crippen LogP contribution in [0.5, 0.6) is 11.5 Å². The highest BCUT2D eigenvalue weighted by Crippen LogP contribution is 2.36. The standard InChI is InChI=1S/C22H22N2O3/c1-4-26-20-11-16-9-15(3)27-21(16)12-17(20)10-18(13-23)22(25)24-19-8-6-5-7-14(19)2/h5-8,10-12,15H,4,9H2,1-3H3,(H,24,25)/b18-10+/t15-/m1/s1. The van der Waals surface area contributed by atoms with Gasteiger partial charge in [0.05, 0.1) is 6.61 Å². The fourth-order valence-corrected chi connectivity index (χ4v) is 3.06. The van der Waals surface area contributed by atoms with Gasteiger partial charge < -0.3 is 14.8 Å². The first-order valence-electron chi connectivity index (χ1n) is 8.97. The van der Waals surface area contributed by atoms with Crippen LogP contribution in [0.25, 0.3) is 6.08 Å². The van der Waals surface area contributed by atoms with E-state index in [4.69, 9.17) is 9.47 Å². The predicted octanol–water partition coefficient (Wildman–Crippen LogP) is 4.26. The lowest BCUT2D eigenvalue weighted by Crippen LogP contribution is -2.14. The molecular weight excluding hydrogens is 340 g/mol. The van der Waals surface area contributed by atoms with Crippen LogP contribution >= 0.6 is 0 Å². The Kier molecular flexibility index (Phi) is 5.46. The van der Waals surface area contributed by atoms with E-state index in [-0.39, 0.29) is 11.7 Å². The molecule has 0 bridgehead atoms. The molecule has 0 aromatic heterocycles. The van der Waals surface area contributed by atoms with Crippen molar-refractivity contribution in [3.05, 3.63) is 58.7 Å². The molecule has 1 amide bonds. The number of carbonyl (C=O) groups excluding carboxylic acids is 1. The largest absolute Gasteiger partial charge is 0.493 e. The Morgan fingerprint density at radius 2 is 2.19 bits per heavy atom. The van der Waals surface area contributed by atoms with E-state index in [1.54, 1.807) is 12.1 Å². The van der Waals surface area contributed by atoms with Crippen molar-refractivity contribution < 1.29 is 14.3 Å². The van der Waals surface area contributed by atoms with Crippen LogP contribution in [0.4, 0.5) is 5.69 Å². The third-order valence-electron chi connectivity index (χ3n) is 4.39. The molecule has 0 unspecified atom stereocenters. The average molecular weight is 362 g/mol. The second kappa shape index (κ2) is 7.96. The molecule has 1 aliphatic heterocycles. The first kappa shape index (κ1) is 18.5. The molecule has 3 rings (SSSR count). The Morgan fingerprint density at radius 1 is 1.41 bits per heavy atom. The summed E-state index contributed by atoms with van der Waals surface area (Å²) in [5.74, 6) is 0.961. The number of amides is 1. The van der Waals surface area contributed by atoms with Gasteiger partial charge in [0.25, 0.3) is 5.91 Å². The summed E-state index contributed by atoms with van der Waals surface area (Å²) >= 11 is 0. The highest BCUT2D eigenvalue weighted by atomic mass is 16.5. The molecule has 5 nitrogen and oxygen atoms in total. The first-order valence-corrected chi connectivity index (χ1v) is 8.97. The normalized spacial score (nSPS) is 15.5. The van der Waals surface area contributed by atoms with Crippen LogP contribution in [-0.2, 0) is 11.2 Å². The zero-order chi connectivity index (χ0) is 19.4. The summed E-state index contributed by atoms with van der Waals surface area (Å²) in [4.78, 5) is 12.6. The number of hydrogen-bond donors (Lipinski definition) is 1. The summed E-state index contributed by atoms with van der Waals surface area (Å²) in [6.07, 6.45) is 2.47. The fraction of sp³-hybridized carbons (Fsp3) is 0.273. The van der Waals surface area contributed by atoms with Gasteiger partial charge in [0, 0.05) is 23.2 Å². The van der Waals surface area contributed by atoms with Crippen molar-refractivity contribution in [2.24, 2.45) is 0 Å². The third kappa shape index (κ3) is 4.12. The Hall–Kier alpha value is -3.26. The van der Waals surface area contributed by atoms with Crippen LogP contribution in [0.3, 0.4) is 0 Å². The summed E-state index contributed by atoms with van der Waals surface area (Å²) in [6, 6.07) is 13.2. The van der Waals surface area contributed by atoms with Crippen molar-refractivity contribution in [3.63, 3.8) is 0 Å². The number of para-hydroxylation sites is 1. The number of carbonyl (C=O) groups is 1. The van der Waals surface area contributed by atoms with E-state index in [1.165, 1.54) is 0 Å². The number of ether oxygens (including phenoxy) is 2. The molecule has 1 N–H and O–H groups in total. The molecule has 1 aliphatic rings. The van der Waals surface area contributed by atoms with Crippen molar-refractivity contribution in [3.8, 4) is 17.6 Å². The molecule has 0 spiro atoms. The predicted molar refractivity (Wildman–Crippen MR) is 105 cm³/mol. The number of nitrogens with one attached hydrogen (secondary N) is 1. The van der Waals surface area contributed by atoms with E-state index in [1.807, 2.05) is 57.2 Å². The van der Waals surface area contributed by atoms with E-state index >= 15 is 0 Å². The maximum atomic E-state index is 12.6. The molecule has 1 heterocycles. The highest BCUT2D eigenvalue weighted by molar-refractivity contribution is 6.10. The Morgan fingerprint density at radius 3 is 2.89 bits per heavy atom. The first-order chi connectivity index (χ1) is 13.0. The summed E-state index contributed by atoms with van der Waals surface area (Å²) in [5.41, 5.74) is 3.34. The van der Waals surface area contributed by atoms with Gasteiger partial charge in [-0.25, -0.2) is 0 Å². The number of rotatable bonds is 5. The minimum absolute atomic E-state index is 0.00482. The van der Waals surface area contributed by atoms with Crippen LogP contribution in [0.1, 0.15) is 30.5 Å². The minimum atomic E-state index is -0.455. The van der Waals surface area contributed by atoms with Crippen molar-refractivity contribution >= 4 is 17.7 Å². The van der Waals surface area contributed by atoms with Crippen LogP contribution in [0, 0.1) is 18.3 Å². The second-order valence-electron chi connectivity index (χ2n) is 6.50. The molecule has 0 fully saturated rings. The number of hydrogen-bond acceptors (Lipinski definition) is 4. The van der Waals surface area contributed by atoms with Crippen molar-refractivity contribution in [1.82, 2.24) is 0 Å². The maximum absolute atomic E-state index is 12.6. The lowest BCUT2D eigenvalue weighted by Gasteiger charge is -2.11.